The fraction of sp³-hybridized carbons (Fsp3) is 0.571. The predicted molar refractivity (Wildman–Crippen MR) is 69.3 cm³/mol. The van der Waals surface area contributed by atoms with Crippen molar-refractivity contribution in [3.63, 3.8) is 0 Å². The highest BCUT2D eigenvalue weighted by atomic mass is 19.1. The van der Waals surface area contributed by atoms with Crippen LogP contribution in [-0.4, -0.2) is 30.9 Å². The molecule has 0 aromatic heterocycles. The lowest BCUT2D eigenvalue weighted by Crippen LogP contribution is -2.42. The number of hydrogen-bond donors (Lipinski definition) is 1. The summed E-state index contributed by atoms with van der Waals surface area (Å²) < 4.78 is 18.9. The van der Waals surface area contributed by atoms with Gasteiger partial charge in [-0.05, 0) is 31.5 Å². The Balaban J connectivity index is 2.26. The minimum atomic E-state index is -0.668. The van der Waals surface area contributed by atoms with Crippen molar-refractivity contribution in [2.75, 3.05) is 24.6 Å². The maximum absolute atomic E-state index is 13.3. The normalized spacial score (nSPS) is 22.0. The van der Waals surface area contributed by atoms with E-state index in [1.807, 2.05) is 0 Å². The van der Waals surface area contributed by atoms with Crippen molar-refractivity contribution >= 4 is 5.69 Å². The number of nitrogens with zero attached hydrogens (tertiary/aromatic N) is 1. The fourth-order valence-corrected chi connectivity index (χ4v) is 2.33. The third kappa shape index (κ3) is 2.82. The topological polar surface area (TPSA) is 32.7 Å². The number of benzene rings is 1. The van der Waals surface area contributed by atoms with Crippen LogP contribution in [0.15, 0.2) is 18.2 Å². The van der Waals surface area contributed by atoms with E-state index in [0.717, 1.165) is 25.2 Å². The van der Waals surface area contributed by atoms with E-state index in [9.17, 15) is 9.50 Å². The lowest BCUT2D eigenvalue weighted by Gasteiger charge is -2.35. The molecule has 100 valence electrons. The van der Waals surface area contributed by atoms with Gasteiger partial charge in [-0.25, -0.2) is 4.39 Å². The van der Waals surface area contributed by atoms with E-state index in [2.05, 4.69) is 11.8 Å². The van der Waals surface area contributed by atoms with Gasteiger partial charge < -0.3 is 14.7 Å². The summed E-state index contributed by atoms with van der Waals surface area (Å²) in [6.07, 6.45) is 0.506. The SMILES string of the molecule is CCC1CN(c2ccc(F)cc2[C@H](C)O)CCO1. The summed E-state index contributed by atoms with van der Waals surface area (Å²) in [4.78, 5) is 2.17. The predicted octanol–water partition coefficient (Wildman–Crippen LogP) is 2.49. The maximum Gasteiger partial charge on any atom is 0.123 e. The molecule has 1 aliphatic heterocycles. The highest BCUT2D eigenvalue weighted by Gasteiger charge is 2.22. The van der Waals surface area contributed by atoms with E-state index >= 15 is 0 Å². The van der Waals surface area contributed by atoms with Gasteiger partial charge in [0.05, 0.1) is 18.8 Å². The summed E-state index contributed by atoms with van der Waals surface area (Å²) in [5.74, 6) is -0.310. The molecule has 3 nitrogen and oxygen atoms in total. The van der Waals surface area contributed by atoms with Crippen molar-refractivity contribution in [3.8, 4) is 0 Å². The summed E-state index contributed by atoms with van der Waals surface area (Å²) in [5, 5.41) is 9.76. The Morgan fingerprint density at radius 2 is 2.33 bits per heavy atom. The number of aliphatic hydroxyl groups is 1. The highest BCUT2D eigenvalue weighted by molar-refractivity contribution is 5.55. The molecule has 4 heteroatoms. The Morgan fingerprint density at radius 1 is 1.56 bits per heavy atom. The zero-order valence-corrected chi connectivity index (χ0v) is 10.9. The van der Waals surface area contributed by atoms with Gasteiger partial charge in [-0.1, -0.05) is 6.92 Å². The fourth-order valence-electron chi connectivity index (χ4n) is 2.33. The van der Waals surface area contributed by atoms with Crippen molar-refractivity contribution < 1.29 is 14.2 Å². The first kappa shape index (κ1) is 13.3. The zero-order valence-electron chi connectivity index (χ0n) is 10.9. The minimum absolute atomic E-state index is 0.214. The van der Waals surface area contributed by atoms with Crippen molar-refractivity contribution in [1.29, 1.82) is 0 Å². The average molecular weight is 253 g/mol. The molecule has 18 heavy (non-hydrogen) atoms. The van der Waals surface area contributed by atoms with Crippen LogP contribution in [-0.2, 0) is 4.74 Å². The summed E-state index contributed by atoms with van der Waals surface area (Å²) >= 11 is 0. The Labute approximate surface area is 107 Å². The highest BCUT2D eigenvalue weighted by Crippen LogP contribution is 2.28. The van der Waals surface area contributed by atoms with E-state index in [1.54, 1.807) is 13.0 Å². The first-order valence-electron chi connectivity index (χ1n) is 6.46. The van der Waals surface area contributed by atoms with Crippen LogP contribution >= 0.6 is 0 Å². The van der Waals surface area contributed by atoms with Crippen LogP contribution in [0, 0.1) is 5.82 Å². The maximum atomic E-state index is 13.3. The molecule has 2 atom stereocenters. The molecular weight excluding hydrogens is 233 g/mol. The van der Waals surface area contributed by atoms with Gasteiger partial charge in [0.25, 0.3) is 0 Å². The third-order valence-electron chi connectivity index (χ3n) is 3.37. The summed E-state index contributed by atoms with van der Waals surface area (Å²) in [5.41, 5.74) is 1.56. The molecule has 0 radical (unpaired) electrons. The lowest BCUT2D eigenvalue weighted by molar-refractivity contribution is 0.0382. The monoisotopic (exact) mass is 253 g/mol. The number of rotatable bonds is 3. The molecule has 1 aromatic rings. The smallest absolute Gasteiger partial charge is 0.123 e. The molecule has 0 saturated carbocycles. The van der Waals surface area contributed by atoms with Crippen LogP contribution in [0.5, 0.6) is 0 Å². The molecule has 0 amide bonds. The standard InChI is InChI=1S/C14H20FNO2/c1-3-12-9-16(6-7-18-12)14-5-4-11(15)8-13(14)10(2)17/h4-5,8,10,12,17H,3,6-7,9H2,1-2H3/t10-,12?/m0/s1. The van der Waals surface area contributed by atoms with Crippen LogP contribution in [0.25, 0.3) is 0 Å². The van der Waals surface area contributed by atoms with Gasteiger partial charge >= 0.3 is 0 Å². The van der Waals surface area contributed by atoms with Gasteiger partial charge in [-0.2, -0.15) is 0 Å². The van der Waals surface area contributed by atoms with Crippen molar-refractivity contribution in [2.24, 2.45) is 0 Å². The Bertz CT molecular complexity index is 409. The van der Waals surface area contributed by atoms with Gasteiger partial charge in [0, 0.05) is 24.3 Å². The van der Waals surface area contributed by atoms with Crippen molar-refractivity contribution in [3.05, 3.63) is 29.6 Å². The number of anilines is 1. The van der Waals surface area contributed by atoms with E-state index in [4.69, 9.17) is 4.74 Å². The van der Waals surface area contributed by atoms with Crippen LogP contribution in [0.4, 0.5) is 10.1 Å². The Morgan fingerprint density at radius 3 is 3.00 bits per heavy atom. The van der Waals surface area contributed by atoms with Gasteiger partial charge in [-0.15, -0.1) is 0 Å². The van der Waals surface area contributed by atoms with E-state index in [1.165, 1.54) is 12.1 Å². The largest absolute Gasteiger partial charge is 0.389 e. The molecule has 1 fully saturated rings. The van der Waals surface area contributed by atoms with E-state index < -0.39 is 6.10 Å². The van der Waals surface area contributed by atoms with Crippen LogP contribution in [0.2, 0.25) is 0 Å². The molecular formula is C14H20FNO2. The van der Waals surface area contributed by atoms with Gasteiger partial charge in [0.1, 0.15) is 5.82 Å². The lowest BCUT2D eigenvalue weighted by atomic mass is 10.1. The molecule has 1 saturated heterocycles. The second-order valence-electron chi connectivity index (χ2n) is 4.73. The summed E-state index contributed by atoms with van der Waals surface area (Å²) in [6, 6.07) is 4.60. The molecule has 1 heterocycles. The quantitative estimate of drug-likeness (QED) is 0.898. The zero-order chi connectivity index (χ0) is 13.1. The minimum Gasteiger partial charge on any atom is -0.389 e. The van der Waals surface area contributed by atoms with Gasteiger partial charge in [0.2, 0.25) is 0 Å². The molecule has 0 bridgehead atoms. The first-order chi connectivity index (χ1) is 8.61. The average Bonchev–Trinajstić information content (AvgIpc) is 2.38. The molecule has 2 rings (SSSR count). The summed E-state index contributed by atoms with van der Waals surface area (Å²) in [7, 11) is 0. The Hall–Kier alpha value is -1.13. The van der Waals surface area contributed by atoms with Crippen LogP contribution in [0.3, 0.4) is 0 Å². The first-order valence-corrected chi connectivity index (χ1v) is 6.46. The number of aliphatic hydroxyl groups excluding tert-OH is 1. The number of ether oxygens (including phenoxy) is 1. The molecule has 1 aliphatic rings. The number of morpholine rings is 1. The molecule has 1 N–H and O–H groups in total. The second-order valence-corrected chi connectivity index (χ2v) is 4.73. The Kier molecular flexibility index (Phi) is 4.19. The van der Waals surface area contributed by atoms with Crippen molar-refractivity contribution in [2.45, 2.75) is 32.5 Å². The van der Waals surface area contributed by atoms with E-state index in [-0.39, 0.29) is 11.9 Å². The second kappa shape index (κ2) is 5.67. The van der Waals surface area contributed by atoms with Gasteiger partial charge in [0.15, 0.2) is 0 Å². The van der Waals surface area contributed by atoms with E-state index in [0.29, 0.717) is 12.2 Å². The third-order valence-corrected chi connectivity index (χ3v) is 3.37. The molecule has 1 aromatic carbocycles. The van der Waals surface area contributed by atoms with Crippen LogP contribution in [0.1, 0.15) is 31.9 Å². The molecule has 1 unspecified atom stereocenters. The molecule has 0 spiro atoms. The van der Waals surface area contributed by atoms with Gasteiger partial charge in [-0.3, -0.25) is 0 Å². The number of halogens is 1. The summed E-state index contributed by atoms with van der Waals surface area (Å²) in [6.45, 7) is 6.00. The van der Waals surface area contributed by atoms with Crippen LogP contribution < -0.4 is 4.90 Å². The van der Waals surface area contributed by atoms with Crippen molar-refractivity contribution in [1.82, 2.24) is 0 Å². The molecule has 0 aliphatic carbocycles. The number of hydrogen-bond acceptors (Lipinski definition) is 3.